The number of hydrogen-bond donors (Lipinski definition) is 1. The lowest BCUT2D eigenvalue weighted by molar-refractivity contribution is -0.137. The number of amides is 2. The van der Waals surface area contributed by atoms with Gasteiger partial charge in [0, 0.05) is 12.5 Å². The molecule has 2 bridgehead atoms. The van der Waals surface area contributed by atoms with Crippen LogP contribution in [-0.2, 0) is 21.0 Å². The van der Waals surface area contributed by atoms with Gasteiger partial charge in [-0.15, -0.1) is 0 Å². The van der Waals surface area contributed by atoms with Crippen LogP contribution in [0.2, 0.25) is 0 Å². The maximum Gasteiger partial charge on any atom is 0.417 e. The van der Waals surface area contributed by atoms with Crippen LogP contribution >= 0.6 is 0 Å². The highest BCUT2D eigenvalue weighted by Gasteiger charge is 2.63. The van der Waals surface area contributed by atoms with E-state index in [1.807, 2.05) is 0 Å². The van der Waals surface area contributed by atoms with E-state index in [4.69, 9.17) is 5.26 Å². The maximum atomic E-state index is 13.3. The van der Waals surface area contributed by atoms with Crippen LogP contribution in [0.25, 0.3) is 0 Å². The number of halogens is 3. The zero-order valence-electron chi connectivity index (χ0n) is 14.4. The summed E-state index contributed by atoms with van der Waals surface area (Å²) in [5.41, 5.74) is -2.60. The monoisotopic (exact) mass is 427 g/mol. The summed E-state index contributed by atoms with van der Waals surface area (Å²) in [5.74, 6) is -3.02. The van der Waals surface area contributed by atoms with Gasteiger partial charge in [-0.25, -0.2) is 17.5 Å². The Labute approximate surface area is 162 Å². The SMILES string of the molecule is N#Cc1ccc(N2C(=O)[C@H]3[C@H]([C@H]4C=C[C@@H]3N(C(=O)O)C4)S2(=O)=O)cc1C(F)(F)F. The number of carbonyl (C=O) groups is 2. The first kappa shape index (κ1) is 19.3. The van der Waals surface area contributed by atoms with Gasteiger partial charge in [0.15, 0.2) is 0 Å². The minimum absolute atomic E-state index is 0.126. The van der Waals surface area contributed by atoms with Crippen molar-refractivity contribution in [3.05, 3.63) is 41.5 Å². The van der Waals surface area contributed by atoms with Crippen LogP contribution < -0.4 is 4.31 Å². The van der Waals surface area contributed by atoms with Crippen molar-refractivity contribution in [2.75, 3.05) is 10.8 Å². The van der Waals surface area contributed by atoms with Crippen LogP contribution in [0.3, 0.4) is 0 Å². The molecule has 152 valence electrons. The first-order valence-electron chi connectivity index (χ1n) is 8.35. The highest BCUT2D eigenvalue weighted by molar-refractivity contribution is 7.94. The van der Waals surface area contributed by atoms with E-state index in [-0.39, 0.29) is 6.54 Å². The lowest BCUT2D eigenvalue weighted by atomic mass is 9.77. The molecule has 0 spiro atoms. The number of piperidine rings is 1. The Morgan fingerprint density at radius 3 is 2.55 bits per heavy atom. The van der Waals surface area contributed by atoms with Gasteiger partial charge >= 0.3 is 12.3 Å². The summed E-state index contributed by atoms with van der Waals surface area (Å²) in [5, 5.41) is 17.0. The van der Waals surface area contributed by atoms with E-state index >= 15 is 0 Å². The van der Waals surface area contributed by atoms with Gasteiger partial charge in [0.25, 0.3) is 0 Å². The topological polar surface area (TPSA) is 119 Å². The number of hydrogen-bond acceptors (Lipinski definition) is 5. The second-order valence-electron chi connectivity index (χ2n) is 6.95. The van der Waals surface area contributed by atoms with Gasteiger partial charge in [0.05, 0.1) is 34.8 Å². The average molecular weight is 427 g/mol. The normalized spacial score (nSPS) is 29.7. The molecule has 3 heterocycles. The zero-order chi connectivity index (χ0) is 21.3. The number of carbonyl (C=O) groups excluding carboxylic acids is 1. The molecule has 4 atom stereocenters. The van der Waals surface area contributed by atoms with E-state index in [2.05, 4.69) is 0 Å². The van der Waals surface area contributed by atoms with E-state index < -0.39 is 68.1 Å². The van der Waals surface area contributed by atoms with Gasteiger partial charge in [-0.05, 0) is 18.2 Å². The Balaban J connectivity index is 1.83. The summed E-state index contributed by atoms with van der Waals surface area (Å²) in [6, 6.07) is 2.59. The van der Waals surface area contributed by atoms with Crippen LogP contribution in [0.4, 0.5) is 23.7 Å². The molecule has 0 radical (unpaired) electrons. The molecular weight excluding hydrogens is 415 g/mol. The van der Waals surface area contributed by atoms with Crippen molar-refractivity contribution in [2.24, 2.45) is 11.8 Å². The van der Waals surface area contributed by atoms with Crippen molar-refractivity contribution < 1.29 is 36.3 Å². The first-order valence-corrected chi connectivity index (χ1v) is 9.86. The molecule has 2 fully saturated rings. The zero-order valence-corrected chi connectivity index (χ0v) is 15.2. The van der Waals surface area contributed by atoms with Gasteiger partial charge in [0.1, 0.15) is 5.25 Å². The van der Waals surface area contributed by atoms with E-state index in [0.29, 0.717) is 10.4 Å². The van der Waals surface area contributed by atoms with Crippen molar-refractivity contribution in [3.8, 4) is 6.07 Å². The molecular formula is C17H12F3N3O5S. The van der Waals surface area contributed by atoms with E-state index in [9.17, 15) is 36.3 Å². The predicted molar refractivity (Wildman–Crippen MR) is 91.0 cm³/mol. The summed E-state index contributed by atoms with van der Waals surface area (Å²) in [6.07, 6.45) is -3.27. The molecule has 0 aromatic heterocycles. The van der Waals surface area contributed by atoms with Gasteiger partial charge in [0.2, 0.25) is 15.9 Å². The van der Waals surface area contributed by atoms with Crippen LogP contribution in [0, 0.1) is 23.2 Å². The highest BCUT2D eigenvalue weighted by Crippen LogP contribution is 2.47. The first-order chi connectivity index (χ1) is 13.5. The predicted octanol–water partition coefficient (Wildman–Crippen LogP) is 1.79. The largest absolute Gasteiger partial charge is 0.465 e. The molecule has 8 nitrogen and oxygen atoms in total. The van der Waals surface area contributed by atoms with E-state index in [1.165, 1.54) is 18.2 Å². The van der Waals surface area contributed by atoms with Crippen LogP contribution in [0.1, 0.15) is 11.1 Å². The fourth-order valence-corrected chi connectivity index (χ4v) is 6.59. The molecule has 5 rings (SSSR count). The lowest BCUT2D eigenvalue weighted by Gasteiger charge is -2.44. The number of benzene rings is 1. The van der Waals surface area contributed by atoms with Gasteiger partial charge in [-0.2, -0.15) is 18.4 Å². The molecule has 0 saturated carbocycles. The van der Waals surface area contributed by atoms with E-state index in [1.54, 1.807) is 0 Å². The number of alkyl halides is 3. The summed E-state index contributed by atoms with van der Waals surface area (Å²) in [7, 11) is -4.39. The number of anilines is 1. The molecule has 2 saturated heterocycles. The Kier molecular flexibility index (Phi) is 3.96. The van der Waals surface area contributed by atoms with Gasteiger partial charge in [-0.3, -0.25) is 4.79 Å². The van der Waals surface area contributed by atoms with Gasteiger partial charge in [-0.1, -0.05) is 12.2 Å². The number of rotatable bonds is 1. The number of sulfonamides is 1. The molecule has 0 unspecified atom stereocenters. The van der Waals surface area contributed by atoms with E-state index in [0.717, 1.165) is 17.0 Å². The number of fused-ring (bicyclic) bond motifs is 1. The Bertz CT molecular complexity index is 1110. The quantitative estimate of drug-likeness (QED) is 0.683. The molecule has 1 aromatic rings. The van der Waals surface area contributed by atoms with Crippen molar-refractivity contribution >= 4 is 27.7 Å². The second-order valence-corrected chi connectivity index (χ2v) is 8.89. The Morgan fingerprint density at radius 2 is 1.97 bits per heavy atom. The van der Waals surface area contributed by atoms with Crippen LogP contribution in [0.5, 0.6) is 0 Å². The maximum absolute atomic E-state index is 13.3. The lowest BCUT2D eigenvalue weighted by Crippen LogP contribution is -2.59. The minimum Gasteiger partial charge on any atom is -0.465 e. The summed E-state index contributed by atoms with van der Waals surface area (Å²) in [4.78, 5) is 25.4. The fraction of sp³-hybridized carbons (Fsp3) is 0.353. The Morgan fingerprint density at radius 1 is 1.28 bits per heavy atom. The Hall–Kier alpha value is -3.07. The smallest absolute Gasteiger partial charge is 0.417 e. The molecule has 4 aliphatic rings. The van der Waals surface area contributed by atoms with Crippen molar-refractivity contribution in [3.63, 3.8) is 0 Å². The molecule has 1 aliphatic carbocycles. The van der Waals surface area contributed by atoms with Crippen molar-refractivity contribution in [1.29, 1.82) is 5.26 Å². The third-order valence-corrected chi connectivity index (χ3v) is 7.69. The number of nitriles is 1. The number of nitrogens with zero attached hydrogens (tertiary/aromatic N) is 3. The third-order valence-electron chi connectivity index (χ3n) is 5.46. The summed E-state index contributed by atoms with van der Waals surface area (Å²) >= 11 is 0. The number of carboxylic acid groups (broad SMARTS) is 1. The van der Waals surface area contributed by atoms with Crippen LogP contribution in [-0.4, -0.2) is 48.3 Å². The molecule has 29 heavy (non-hydrogen) atoms. The second kappa shape index (κ2) is 5.96. The highest BCUT2D eigenvalue weighted by atomic mass is 32.2. The average Bonchev–Trinajstić information content (AvgIpc) is 2.88. The summed E-state index contributed by atoms with van der Waals surface area (Å²) < 4.78 is 66.3. The van der Waals surface area contributed by atoms with Crippen molar-refractivity contribution in [2.45, 2.75) is 17.5 Å². The molecule has 2 amide bonds. The molecule has 12 heteroatoms. The van der Waals surface area contributed by atoms with Crippen LogP contribution in [0.15, 0.2) is 30.4 Å². The molecule has 3 aliphatic heterocycles. The fourth-order valence-electron chi connectivity index (χ4n) is 4.30. The molecule has 1 N–H and O–H groups in total. The van der Waals surface area contributed by atoms with Crippen molar-refractivity contribution in [1.82, 2.24) is 4.90 Å². The standard InChI is InChI=1S/C17H12F3N3O5S/c18-17(19,20)11-5-10(3-1-8(11)6-21)23-15(24)13-12-4-2-9(7-22(12)16(25)26)14(13)29(23,27)28/h1-5,9,12-14H,7H2,(H,25,26)/t9-,12-,13+,14-/m0/s1. The molecule has 1 aromatic carbocycles. The third kappa shape index (κ3) is 2.61. The summed E-state index contributed by atoms with van der Waals surface area (Å²) in [6.45, 7) is -0.126. The minimum atomic E-state index is -4.93. The van der Waals surface area contributed by atoms with Gasteiger partial charge < -0.3 is 10.0 Å².